The van der Waals surface area contributed by atoms with E-state index in [1.165, 1.54) is 110 Å². The molecule has 0 bridgehead atoms. The Labute approximate surface area is 601 Å². The number of fused-ring (bicyclic) bond motifs is 11. The summed E-state index contributed by atoms with van der Waals surface area (Å²) in [4.78, 5) is 21.5. The van der Waals surface area contributed by atoms with Crippen LogP contribution in [0, 0.1) is 120 Å². The average Bonchev–Trinajstić information content (AvgIpc) is 1.65. The van der Waals surface area contributed by atoms with Gasteiger partial charge in [0.25, 0.3) is 0 Å². The highest BCUT2D eigenvalue weighted by atomic mass is 19.2. The van der Waals surface area contributed by atoms with Crippen LogP contribution >= 0.6 is 0 Å². The second kappa shape index (κ2) is 33.2. The second-order valence-corrected chi connectivity index (χ2v) is 26.2. The normalized spacial score (nSPS) is 10.7. The highest BCUT2D eigenvalue weighted by Crippen LogP contribution is 2.34. The molecule has 8 nitrogen and oxygen atoms in total. The van der Waals surface area contributed by atoms with Gasteiger partial charge in [-0.05, 0) is 196 Å². The van der Waals surface area contributed by atoms with Crippen molar-refractivity contribution in [2.45, 2.75) is 96.9 Å². The molecule has 0 saturated carbocycles. The number of benzene rings is 10. The summed E-state index contributed by atoms with van der Waals surface area (Å²) < 4.78 is 60.9. The first kappa shape index (κ1) is 74.1. The van der Waals surface area contributed by atoms with Gasteiger partial charge in [0.05, 0.1) is 5.52 Å². The average molecular weight is 1370 g/mol. The number of rotatable bonds is 1. The topological polar surface area (TPSA) is 87.5 Å². The Morgan fingerprint density at radius 2 is 0.709 bits per heavy atom. The highest BCUT2D eigenvalue weighted by Gasteiger charge is 2.20. The molecule has 520 valence electrons. The van der Waals surface area contributed by atoms with E-state index in [0.717, 1.165) is 70.2 Å². The summed E-state index contributed by atoms with van der Waals surface area (Å²) in [6.07, 6.45) is 3.71. The van der Waals surface area contributed by atoms with Crippen LogP contribution in [0.3, 0.4) is 0 Å². The molecule has 0 aliphatic heterocycles. The molecular weight excluding hydrogens is 1280 g/mol. The SMILES string of the molecule is Cc1c(F)c(F)c(C)c(F)c1F.Cc1ccc2c(c1)c1ccccc1n2C.Cc1ccc2c(c1)oc1cc(C)ccc12.Cc1ccc2c3ccccc3n(C)c2c1.Cc1cccc(C)n1.Cc1cncc(C)c1.Cc1nc(C)c2ccccc2c1-c1ccccc1.Cc1nc(C)c2ccccc2n1. The standard InChI is InChI=1S/C17H15N.2C14H13N.C14H12O.C10H10N2.C8H6F4.2C7H9N/c1-12-15-10-6-7-11-16(15)17(13(2)18-12)14-8-4-3-5-9-14;1-10-7-8-14-12(9-10)11-5-3-4-6-13(11)15(14)2;1-10-7-8-12-11-5-3-4-6-13(11)15(2)14(12)9-10;1-9-3-5-11-12-6-4-10(2)8-14(12)15-13(11)7-9;1-7-9-5-3-4-6-10(9)12-8(2)11-7;1-3-5(9)7(11)4(2)8(12)6(3)10;1-6-3-7(2)5-8-4-6;1-6-4-3-5-7(2)8-6/h3-11H,1-2H3;2*3-9H,1-2H3;3-8H,1-2H3;3-6H,1-2H3;1-2H3;2*3-5H,1-2H3. The van der Waals surface area contributed by atoms with Crippen LogP contribution in [0.5, 0.6) is 0 Å². The largest absolute Gasteiger partial charge is 0.456 e. The van der Waals surface area contributed by atoms with Crippen molar-refractivity contribution in [1.82, 2.24) is 34.1 Å². The second-order valence-electron chi connectivity index (χ2n) is 26.2. The van der Waals surface area contributed by atoms with Gasteiger partial charge in [0.1, 0.15) is 17.0 Å². The van der Waals surface area contributed by atoms with Crippen molar-refractivity contribution in [3.05, 3.63) is 339 Å². The number of hydrogen-bond donors (Lipinski definition) is 0. The fourth-order valence-corrected chi connectivity index (χ4v) is 12.7. The first-order valence-electron chi connectivity index (χ1n) is 34.3. The number of para-hydroxylation sites is 3. The van der Waals surface area contributed by atoms with Gasteiger partial charge in [-0.25, -0.2) is 27.5 Å². The maximum Gasteiger partial charge on any atom is 0.165 e. The third kappa shape index (κ3) is 17.6. The molecule has 17 aromatic rings. The molecule has 0 amide bonds. The van der Waals surface area contributed by atoms with Crippen molar-refractivity contribution < 1.29 is 22.0 Å². The Bertz CT molecular complexity index is 5610. The van der Waals surface area contributed by atoms with Crippen LogP contribution in [-0.2, 0) is 14.1 Å². The summed E-state index contributed by atoms with van der Waals surface area (Å²) in [5, 5.41) is 11.5. The smallest absolute Gasteiger partial charge is 0.165 e. The fourth-order valence-electron chi connectivity index (χ4n) is 12.7. The van der Waals surface area contributed by atoms with Crippen molar-refractivity contribution in [3.63, 3.8) is 0 Å². The minimum absolute atomic E-state index is 0.629. The van der Waals surface area contributed by atoms with Crippen molar-refractivity contribution in [1.29, 1.82) is 0 Å². The van der Waals surface area contributed by atoms with E-state index >= 15 is 0 Å². The van der Waals surface area contributed by atoms with Gasteiger partial charge < -0.3 is 13.6 Å². The number of halogens is 4. The molecule has 0 aliphatic carbocycles. The first-order chi connectivity index (χ1) is 49.4. The molecule has 7 aromatic heterocycles. The van der Waals surface area contributed by atoms with Gasteiger partial charge in [-0.2, -0.15) is 0 Å². The molecule has 0 N–H and O–H groups in total. The maximum atomic E-state index is 12.7. The van der Waals surface area contributed by atoms with Gasteiger partial charge in [0, 0.05) is 137 Å². The van der Waals surface area contributed by atoms with E-state index in [9.17, 15) is 17.6 Å². The lowest BCUT2D eigenvalue weighted by atomic mass is 9.96. The van der Waals surface area contributed by atoms with Crippen LogP contribution < -0.4 is 0 Å². The van der Waals surface area contributed by atoms with Gasteiger partial charge in [-0.1, -0.05) is 169 Å². The quantitative estimate of drug-likeness (QED) is 0.120. The Morgan fingerprint density at radius 1 is 0.291 bits per heavy atom. The Balaban J connectivity index is 0.000000128. The number of pyridine rings is 3. The Morgan fingerprint density at radius 3 is 1.23 bits per heavy atom. The molecule has 17 rings (SSSR count). The summed E-state index contributed by atoms with van der Waals surface area (Å²) >= 11 is 0. The monoisotopic (exact) mass is 1370 g/mol. The predicted molar refractivity (Wildman–Crippen MR) is 422 cm³/mol. The molecule has 10 aromatic carbocycles. The minimum Gasteiger partial charge on any atom is -0.456 e. The molecule has 0 saturated heterocycles. The zero-order valence-corrected chi connectivity index (χ0v) is 61.6. The van der Waals surface area contributed by atoms with Crippen LogP contribution in [0.1, 0.15) is 78.8 Å². The number of nitrogens with zero attached hydrogens (tertiary/aromatic N) is 7. The van der Waals surface area contributed by atoms with Gasteiger partial charge in [-0.15, -0.1) is 0 Å². The Hall–Kier alpha value is -11.6. The van der Waals surface area contributed by atoms with Crippen molar-refractivity contribution >= 4 is 87.2 Å². The van der Waals surface area contributed by atoms with Crippen LogP contribution in [0.2, 0.25) is 0 Å². The Kier molecular flexibility index (Phi) is 23.9. The summed E-state index contributed by atoms with van der Waals surface area (Å²) in [5.74, 6) is -4.47. The lowest BCUT2D eigenvalue weighted by Gasteiger charge is -2.12. The summed E-state index contributed by atoms with van der Waals surface area (Å²) in [6, 6.07) is 78.2. The lowest BCUT2D eigenvalue weighted by molar-refractivity contribution is 0.436. The van der Waals surface area contributed by atoms with Crippen LogP contribution in [0.4, 0.5) is 17.6 Å². The molecule has 0 radical (unpaired) electrons. The van der Waals surface area contributed by atoms with Crippen molar-refractivity contribution in [2.75, 3.05) is 0 Å². The molecule has 0 fully saturated rings. The third-order valence-corrected chi connectivity index (χ3v) is 17.9. The lowest BCUT2D eigenvalue weighted by Crippen LogP contribution is -2.02. The van der Waals surface area contributed by atoms with Gasteiger partial charge >= 0.3 is 0 Å². The van der Waals surface area contributed by atoms with E-state index in [-0.39, 0.29) is 0 Å². The fraction of sp³-hybridized carbons (Fsp3) is 0.176. The van der Waals surface area contributed by atoms with Gasteiger partial charge in [-0.3, -0.25) is 15.0 Å². The predicted octanol–water partition coefficient (Wildman–Crippen LogP) is 24.5. The van der Waals surface area contributed by atoms with E-state index in [0.29, 0.717) is 0 Å². The molecule has 103 heavy (non-hydrogen) atoms. The molecular formula is C91H87F4N7O. The zero-order valence-electron chi connectivity index (χ0n) is 61.6. The minimum atomic E-state index is -1.33. The third-order valence-electron chi connectivity index (χ3n) is 17.9. The zero-order chi connectivity index (χ0) is 73.8. The van der Waals surface area contributed by atoms with E-state index < -0.39 is 34.4 Å². The summed E-state index contributed by atoms with van der Waals surface area (Å²) in [5.41, 5.74) is 22.4. The molecule has 12 heteroatoms. The molecule has 0 atom stereocenters. The van der Waals surface area contributed by atoms with E-state index in [1.54, 1.807) is 0 Å². The maximum absolute atomic E-state index is 12.7. The number of aromatic nitrogens is 7. The van der Waals surface area contributed by atoms with Crippen LogP contribution in [0.25, 0.3) is 98.4 Å². The van der Waals surface area contributed by atoms with Crippen molar-refractivity contribution in [2.24, 2.45) is 14.1 Å². The first-order valence-corrected chi connectivity index (χ1v) is 34.3. The van der Waals surface area contributed by atoms with Crippen LogP contribution in [0.15, 0.2) is 241 Å². The van der Waals surface area contributed by atoms with E-state index in [2.05, 4.69) is 266 Å². The van der Waals surface area contributed by atoms with Crippen molar-refractivity contribution in [3.8, 4) is 11.1 Å². The van der Waals surface area contributed by atoms with E-state index in [1.807, 2.05) is 102 Å². The number of furan rings is 1. The summed E-state index contributed by atoms with van der Waals surface area (Å²) in [7, 11) is 4.25. The summed E-state index contributed by atoms with van der Waals surface area (Å²) in [6.45, 7) is 26.6. The van der Waals surface area contributed by atoms with E-state index in [4.69, 9.17) is 4.42 Å². The molecule has 0 unspecified atom stereocenters. The van der Waals surface area contributed by atoms with Gasteiger partial charge in [0.15, 0.2) is 23.3 Å². The molecule has 7 heterocycles. The number of aryl methyl sites for hydroxylation is 14. The highest BCUT2D eigenvalue weighted by molar-refractivity contribution is 6.09. The number of hydrogen-bond acceptors (Lipinski definition) is 6. The van der Waals surface area contributed by atoms with Gasteiger partial charge in [0.2, 0.25) is 0 Å². The molecule has 0 aliphatic rings. The molecule has 0 spiro atoms. The van der Waals surface area contributed by atoms with Crippen LogP contribution in [-0.4, -0.2) is 34.1 Å².